The van der Waals surface area contributed by atoms with Gasteiger partial charge in [0.25, 0.3) is 0 Å². The molecule has 0 unspecified atom stereocenters. The lowest BCUT2D eigenvalue weighted by atomic mass is 10.1. The number of unbranched alkanes of at least 4 members (excludes halogenated alkanes) is 2. The number of H-pyrrole nitrogens is 1. The number of hydrogen-bond donors (Lipinski definition) is 3. The van der Waals surface area contributed by atoms with Gasteiger partial charge >= 0.3 is 5.69 Å². The predicted molar refractivity (Wildman–Crippen MR) is 108 cm³/mol. The lowest BCUT2D eigenvalue weighted by Gasteiger charge is -2.31. The van der Waals surface area contributed by atoms with Crippen LogP contribution in [0.15, 0.2) is 4.79 Å². The van der Waals surface area contributed by atoms with Gasteiger partial charge in [-0.3, -0.25) is 4.57 Å². The zero-order chi connectivity index (χ0) is 19.3. The van der Waals surface area contributed by atoms with Crippen LogP contribution in [0.2, 0.25) is 0 Å². The molecule has 4 N–H and O–H groups in total. The van der Waals surface area contributed by atoms with Crippen LogP contribution in [0.3, 0.4) is 0 Å². The quantitative estimate of drug-likeness (QED) is 0.591. The summed E-state index contributed by atoms with van der Waals surface area (Å²) in [6, 6.07) is 0. The van der Waals surface area contributed by atoms with Crippen LogP contribution >= 0.6 is 0 Å². The highest BCUT2D eigenvalue weighted by molar-refractivity contribution is 5.82. The second-order valence-electron chi connectivity index (χ2n) is 7.79. The number of nitrogens with one attached hydrogen (secondary N) is 2. The molecule has 0 aliphatic heterocycles. The zero-order valence-corrected chi connectivity index (χ0v) is 16.7. The Labute approximate surface area is 155 Å². The molecule has 146 valence electrons. The van der Waals surface area contributed by atoms with Crippen molar-refractivity contribution < 1.29 is 0 Å². The van der Waals surface area contributed by atoms with Crippen molar-refractivity contribution in [2.75, 3.05) is 31.2 Å². The molecule has 0 radical (unpaired) electrons. The van der Waals surface area contributed by atoms with Crippen molar-refractivity contribution in [1.29, 1.82) is 0 Å². The average molecular weight is 364 g/mol. The molecule has 8 nitrogen and oxygen atoms in total. The predicted octanol–water partition coefficient (Wildman–Crippen LogP) is 2.42. The minimum Gasteiger partial charge on any atom is -0.382 e. The largest absolute Gasteiger partial charge is 0.382 e. The van der Waals surface area contributed by atoms with E-state index in [0.29, 0.717) is 29.5 Å². The first-order valence-corrected chi connectivity index (χ1v) is 9.45. The second-order valence-corrected chi connectivity index (χ2v) is 7.79. The number of aromatic nitrogens is 4. The van der Waals surface area contributed by atoms with Crippen LogP contribution in [-0.4, -0.2) is 50.1 Å². The number of fused-ring (bicyclic) bond motifs is 1. The molecular formula is C18H33N7O. The summed E-state index contributed by atoms with van der Waals surface area (Å²) in [5, 5.41) is 3.18. The molecule has 0 amide bonds. The summed E-state index contributed by atoms with van der Waals surface area (Å²) in [4.78, 5) is 26.1. The zero-order valence-electron chi connectivity index (χ0n) is 16.7. The SMILES string of the molecule is CCCCNc1nc(N)c2[nH]c(=O)n(CCCCN(C)C(C)(C)C)c2n1. The molecule has 0 fully saturated rings. The van der Waals surface area contributed by atoms with Crippen LogP contribution in [0, 0.1) is 0 Å². The highest BCUT2D eigenvalue weighted by Crippen LogP contribution is 2.17. The Balaban J connectivity index is 2.09. The first kappa shape index (κ1) is 20.2. The molecule has 2 aromatic rings. The Kier molecular flexibility index (Phi) is 6.63. The number of hydrogen-bond acceptors (Lipinski definition) is 6. The molecule has 0 atom stereocenters. The van der Waals surface area contributed by atoms with E-state index in [4.69, 9.17) is 5.73 Å². The lowest BCUT2D eigenvalue weighted by Crippen LogP contribution is -2.38. The Morgan fingerprint density at radius 1 is 1.23 bits per heavy atom. The topological polar surface area (TPSA) is 105 Å². The minimum atomic E-state index is -0.184. The van der Waals surface area contributed by atoms with E-state index in [2.05, 4.69) is 59.9 Å². The number of nitrogens with zero attached hydrogens (tertiary/aromatic N) is 4. The van der Waals surface area contributed by atoms with Crippen LogP contribution in [0.4, 0.5) is 11.8 Å². The third kappa shape index (κ3) is 4.97. The van der Waals surface area contributed by atoms with E-state index in [-0.39, 0.29) is 11.2 Å². The van der Waals surface area contributed by atoms with Gasteiger partial charge in [0.15, 0.2) is 11.5 Å². The number of nitrogen functional groups attached to an aromatic ring is 1. The summed E-state index contributed by atoms with van der Waals surface area (Å²) >= 11 is 0. The maximum atomic E-state index is 12.3. The van der Waals surface area contributed by atoms with E-state index >= 15 is 0 Å². The van der Waals surface area contributed by atoms with Crippen LogP contribution in [0.25, 0.3) is 11.2 Å². The number of anilines is 2. The fraction of sp³-hybridized carbons (Fsp3) is 0.722. The monoisotopic (exact) mass is 363 g/mol. The minimum absolute atomic E-state index is 0.151. The van der Waals surface area contributed by atoms with Gasteiger partial charge in [0.2, 0.25) is 5.95 Å². The summed E-state index contributed by atoms with van der Waals surface area (Å²) in [6.07, 6.45) is 4.02. The van der Waals surface area contributed by atoms with Gasteiger partial charge in [0.05, 0.1) is 0 Å². The summed E-state index contributed by atoms with van der Waals surface area (Å²) in [5.74, 6) is 0.779. The summed E-state index contributed by atoms with van der Waals surface area (Å²) < 4.78 is 1.66. The highest BCUT2D eigenvalue weighted by atomic mass is 16.1. The normalized spacial score (nSPS) is 12.2. The van der Waals surface area contributed by atoms with Crippen LogP contribution in [0.5, 0.6) is 0 Å². The fourth-order valence-electron chi connectivity index (χ4n) is 2.67. The maximum absolute atomic E-state index is 12.3. The Morgan fingerprint density at radius 2 is 1.96 bits per heavy atom. The van der Waals surface area contributed by atoms with Gasteiger partial charge in [0.1, 0.15) is 5.52 Å². The molecule has 26 heavy (non-hydrogen) atoms. The van der Waals surface area contributed by atoms with Crippen molar-refractivity contribution in [1.82, 2.24) is 24.4 Å². The van der Waals surface area contributed by atoms with Crippen molar-refractivity contribution in [2.24, 2.45) is 0 Å². The van der Waals surface area contributed by atoms with Crippen molar-refractivity contribution >= 4 is 22.9 Å². The van der Waals surface area contributed by atoms with E-state index < -0.39 is 0 Å². The van der Waals surface area contributed by atoms with E-state index in [0.717, 1.165) is 38.8 Å². The van der Waals surface area contributed by atoms with Gasteiger partial charge in [-0.25, -0.2) is 4.79 Å². The van der Waals surface area contributed by atoms with Crippen molar-refractivity contribution in [2.45, 2.75) is 65.5 Å². The van der Waals surface area contributed by atoms with Crippen LogP contribution in [-0.2, 0) is 6.54 Å². The molecule has 0 bridgehead atoms. The Hall–Kier alpha value is -2.09. The molecule has 2 aromatic heterocycles. The van der Waals surface area contributed by atoms with Gasteiger partial charge < -0.3 is 20.9 Å². The standard InChI is InChI=1S/C18H33N7O/c1-6-7-10-20-16-22-14(19)13-15(23-16)25(17(26)21-13)12-9-8-11-24(5)18(2,3)4/h6-12H2,1-5H3,(H,21,26)(H3,19,20,22,23). The van der Waals surface area contributed by atoms with E-state index in [1.165, 1.54) is 0 Å². The fourth-order valence-corrected chi connectivity index (χ4v) is 2.67. The number of aryl methyl sites for hydroxylation is 1. The van der Waals surface area contributed by atoms with Crippen molar-refractivity contribution in [3.8, 4) is 0 Å². The van der Waals surface area contributed by atoms with Crippen molar-refractivity contribution in [3.05, 3.63) is 10.5 Å². The van der Waals surface area contributed by atoms with Gasteiger partial charge in [-0.1, -0.05) is 13.3 Å². The summed E-state index contributed by atoms with van der Waals surface area (Å²) in [5.41, 5.74) is 7.06. The maximum Gasteiger partial charge on any atom is 0.327 e. The molecule has 8 heteroatoms. The second kappa shape index (κ2) is 8.53. The average Bonchev–Trinajstić information content (AvgIpc) is 2.87. The van der Waals surface area contributed by atoms with Crippen LogP contribution < -0.4 is 16.7 Å². The number of nitrogens with two attached hydrogens (primary N) is 1. The Bertz CT molecular complexity index is 772. The molecule has 2 heterocycles. The first-order valence-electron chi connectivity index (χ1n) is 9.45. The number of aromatic amines is 1. The Morgan fingerprint density at radius 3 is 2.62 bits per heavy atom. The highest BCUT2D eigenvalue weighted by Gasteiger charge is 2.17. The van der Waals surface area contributed by atoms with Crippen molar-refractivity contribution in [3.63, 3.8) is 0 Å². The molecular weight excluding hydrogens is 330 g/mol. The number of rotatable bonds is 9. The first-order chi connectivity index (χ1) is 12.2. The van der Waals surface area contributed by atoms with Crippen LogP contribution in [0.1, 0.15) is 53.4 Å². The van der Waals surface area contributed by atoms with Gasteiger partial charge in [0, 0.05) is 18.6 Å². The third-order valence-electron chi connectivity index (χ3n) is 4.73. The van der Waals surface area contributed by atoms with Gasteiger partial charge in [-0.15, -0.1) is 0 Å². The summed E-state index contributed by atoms with van der Waals surface area (Å²) in [6.45, 7) is 11.1. The smallest absolute Gasteiger partial charge is 0.327 e. The third-order valence-corrected chi connectivity index (χ3v) is 4.73. The number of imidazole rings is 1. The van der Waals surface area contributed by atoms with E-state index in [1.807, 2.05) is 0 Å². The molecule has 0 aliphatic rings. The lowest BCUT2D eigenvalue weighted by molar-refractivity contribution is 0.172. The molecule has 0 saturated carbocycles. The van der Waals surface area contributed by atoms with Gasteiger partial charge in [-0.05, 0) is 53.6 Å². The molecule has 0 aromatic carbocycles. The summed E-state index contributed by atoms with van der Waals surface area (Å²) in [7, 11) is 2.13. The molecule has 0 saturated heterocycles. The van der Waals surface area contributed by atoms with Gasteiger partial charge in [-0.2, -0.15) is 9.97 Å². The van der Waals surface area contributed by atoms with E-state index in [9.17, 15) is 4.79 Å². The molecule has 0 spiro atoms. The molecule has 2 rings (SSSR count). The van der Waals surface area contributed by atoms with E-state index in [1.54, 1.807) is 4.57 Å². The molecule has 0 aliphatic carbocycles.